The van der Waals surface area contributed by atoms with Crippen molar-refractivity contribution in [2.24, 2.45) is 0 Å². The number of carbonyl (C=O) groups excluding carboxylic acids is 2. The van der Waals surface area contributed by atoms with Crippen molar-refractivity contribution in [3.05, 3.63) is 79.6 Å². The molecule has 0 atom stereocenters. The number of hydrogen-bond donors (Lipinski definition) is 2. The van der Waals surface area contributed by atoms with E-state index in [2.05, 4.69) is 44.2 Å². The lowest BCUT2D eigenvalue weighted by Crippen LogP contribution is -2.48. The fourth-order valence-electron chi connectivity index (χ4n) is 4.35. The van der Waals surface area contributed by atoms with E-state index in [1.54, 1.807) is 19.3 Å². The number of rotatable bonds is 6. The monoisotopic (exact) mass is 493 g/mol. The largest absolute Gasteiger partial charge is 0.368 e. The van der Waals surface area contributed by atoms with Crippen LogP contribution in [0.4, 0.5) is 23.0 Å². The van der Waals surface area contributed by atoms with Gasteiger partial charge in [0.05, 0.1) is 6.20 Å². The summed E-state index contributed by atoms with van der Waals surface area (Å²) >= 11 is 0. The minimum atomic E-state index is -0.269. The number of carbonyl (C=O) groups is 2. The third-order valence-electron chi connectivity index (χ3n) is 6.32. The van der Waals surface area contributed by atoms with Crippen molar-refractivity contribution in [1.82, 2.24) is 19.9 Å². The highest BCUT2D eigenvalue weighted by atomic mass is 16.2. The lowest BCUT2D eigenvalue weighted by molar-refractivity contribution is -0.129. The molecule has 4 aromatic rings. The summed E-state index contributed by atoms with van der Waals surface area (Å²) in [5.74, 6) is 0.315. The number of piperazine rings is 1. The van der Waals surface area contributed by atoms with E-state index in [0.29, 0.717) is 22.7 Å². The molecular formula is C28H27N7O2. The summed E-state index contributed by atoms with van der Waals surface area (Å²) in [6.07, 6.45) is 4.65. The zero-order valence-electron chi connectivity index (χ0n) is 20.5. The van der Waals surface area contributed by atoms with Gasteiger partial charge >= 0.3 is 0 Å². The van der Waals surface area contributed by atoms with Gasteiger partial charge in [0.2, 0.25) is 17.8 Å². The maximum atomic E-state index is 11.7. The topological polar surface area (TPSA) is 103 Å². The quantitative estimate of drug-likeness (QED) is 0.388. The van der Waals surface area contributed by atoms with Gasteiger partial charge in [-0.3, -0.25) is 14.6 Å². The average molecular weight is 494 g/mol. The molecule has 2 aromatic carbocycles. The second-order valence-corrected chi connectivity index (χ2v) is 8.73. The molecule has 186 valence electrons. The average Bonchev–Trinajstić information content (AvgIpc) is 2.93. The van der Waals surface area contributed by atoms with Crippen molar-refractivity contribution in [3.63, 3.8) is 0 Å². The molecule has 2 aromatic heterocycles. The number of nitrogens with one attached hydrogen (secondary N) is 2. The molecule has 2 amide bonds. The van der Waals surface area contributed by atoms with Crippen molar-refractivity contribution >= 4 is 45.9 Å². The molecule has 0 unspecified atom stereocenters. The molecule has 1 aliphatic rings. The Kier molecular flexibility index (Phi) is 6.76. The van der Waals surface area contributed by atoms with E-state index in [9.17, 15) is 9.59 Å². The van der Waals surface area contributed by atoms with Gasteiger partial charge in [0, 0.05) is 61.9 Å². The molecular weight excluding hydrogens is 466 g/mol. The van der Waals surface area contributed by atoms with Crippen LogP contribution in [0, 0.1) is 0 Å². The van der Waals surface area contributed by atoms with E-state index in [0.717, 1.165) is 48.7 Å². The first-order valence-corrected chi connectivity index (χ1v) is 12.0. The highest BCUT2D eigenvalue weighted by Gasteiger charge is 2.18. The molecule has 2 N–H and O–H groups in total. The lowest BCUT2D eigenvalue weighted by Gasteiger charge is -2.35. The van der Waals surface area contributed by atoms with E-state index in [4.69, 9.17) is 4.98 Å². The van der Waals surface area contributed by atoms with E-state index in [1.165, 1.54) is 6.08 Å². The Labute approximate surface area is 214 Å². The Morgan fingerprint density at radius 1 is 0.973 bits per heavy atom. The number of pyridine rings is 1. The molecule has 0 aliphatic carbocycles. The smallest absolute Gasteiger partial charge is 0.247 e. The van der Waals surface area contributed by atoms with E-state index in [1.807, 2.05) is 47.4 Å². The van der Waals surface area contributed by atoms with E-state index >= 15 is 0 Å². The van der Waals surface area contributed by atoms with Gasteiger partial charge in [-0.25, -0.2) is 9.97 Å². The molecule has 1 fully saturated rings. The number of benzene rings is 2. The summed E-state index contributed by atoms with van der Waals surface area (Å²) in [4.78, 5) is 41.1. The standard InChI is InChI=1S/C28H27N7O2/c1-3-26(37)31-22-6-4-5-20(17-22)24-11-12-29-25-18-30-28(33-27(24)25)32-21-7-9-23(10-8-21)35-15-13-34(14-16-35)19(2)36/h3-12,17-18H,1,13-16H2,2H3,(H,31,37)(H,30,32,33). The van der Waals surface area contributed by atoms with Crippen molar-refractivity contribution in [1.29, 1.82) is 0 Å². The third-order valence-corrected chi connectivity index (χ3v) is 6.32. The van der Waals surface area contributed by atoms with Gasteiger partial charge in [0.15, 0.2) is 0 Å². The van der Waals surface area contributed by atoms with Crippen LogP contribution in [0.5, 0.6) is 0 Å². The fraction of sp³-hybridized carbons (Fsp3) is 0.179. The molecule has 1 saturated heterocycles. The highest BCUT2D eigenvalue weighted by molar-refractivity contribution is 6.00. The molecule has 37 heavy (non-hydrogen) atoms. The Hall–Kier alpha value is -4.79. The number of amides is 2. The number of hydrogen-bond acceptors (Lipinski definition) is 7. The van der Waals surface area contributed by atoms with Crippen LogP contribution in [0.1, 0.15) is 6.92 Å². The highest BCUT2D eigenvalue weighted by Crippen LogP contribution is 2.29. The molecule has 3 heterocycles. The number of fused-ring (bicyclic) bond motifs is 1. The van der Waals surface area contributed by atoms with Crippen molar-refractivity contribution in [2.75, 3.05) is 41.7 Å². The molecule has 1 aliphatic heterocycles. The van der Waals surface area contributed by atoms with Gasteiger partial charge in [0.1, 0.15) is 11.0 Å². The van der Waals surface area contributed by atoms with Gasteiger partial charge in [-0.2, -0.15) is 0 Å². The van der Waals surface area contributed by atoms with E-state index in [-0.39, 0.29) is 11.8 Å². The van der Waals surface area contributed by atoms with E-state index < -0.39 is 0 Å². The van der Waals surface area contributed by atoms with Crippen molar-refractivity contribution < 1.29 is 9.59 Å². The van der Waals surface area contributed by atoms with Crippen LogP contribution in [0.25, 0.3) is 22.2 Å². The number of anilines is 4. The first kappa shape index (κ1) is 23.9. The van der Waals surface area contributed by atoms with Crippen LogP contribution >= 0.6 is 0 Å². The summed E-state index contributed by atoms with van der Waals surface area (Å²) < 4.78 is 0. The Morgan fingerprint density at radius 2 is 1.76 bits per heavy atom. The zero-order chi connectivity index (χ0) is 25.8. The summed E-state index contributed by atoms with van der Waals surface area (Å²) in [5, 5.41) is 6.07. The van der Waals surface area contributed by atoms with Gasteiger partial charge < -0.3 is 20.4 Å². The molecule has 9 nitrogen and oxygen atoms in total. The molecule has 0 radical (unpaired) electrons. The maximum Gasteiger partial charge on any atom is 0.247 e. The summed E-state index contributed by atoms with van der Waals surface area (Å²) in [7, 11) is 0. The second kappa shape index (κ2) is 10.4. The molecule has 5 rings (SSSR count). The van der Waals surface area contributed by atoms with Gasteiger partial charge in [-0.15, -0.1) is 0 Å². The Morgan fingerprint density at radius 3 is 2.49 bits per heavy atom. The second-order valence-electron chi connectivity index (χ2n) is 8.73. The predicted octanol–water partition coefficient (Wildman–Crippen LogP) is 4.23. The minimum absolute atomic E-state index is 0.125. The van der Waals surface area contributed by atoms with Crippen LogP contribution in [0.2, 0.25) is 0 Å². The van der Waals surface area contributed by atoms with Crippen LogP contribution in [0.15, 0.2) is 79.6 Å². The Balaban J connectivity index is 1.35. The first-order valence-electron chi connectivity index (χ1n) is 12.0. The molecule has 0 saturated carbocycles. The lowest BCUT2D eigenvalue weighted by atomic mass is 10.0. The van der Waals surface area contributed by atoms with Crippen molar-refractivity contribution in [2.45, 2.75) is 6.92 Å². The number of nitrogens with zero attached hydrogens (tertiary/aromatic N) is 5. The molecule has 0 bridgehead atoms. The fourth-order valence-corrected chi connectivity index (χ4v) is 4.35. The molecule has 9 heteroatoms. The van der Waals surface area contributed by atoms with Crippen LogP contribution in [-0.4, -0.2) is 57.8 Å². The van der Waals surface area contributed by atoms with Gasteiger partial charge in [0.25, 0.3) is 0 Å². The first-order chi connectivity index (χ1) is 18.0. The van der Waals surface area contributed by atoms with Crippen LogP contribution in [0.3, 0.4) is 0 Å². The maximum absolute atomic E-state index is 11.7. The van der Waals surface area contributed by atoms with Crippen LogP contribution in [-0.2, 0) is 9.59 Å². The zero-order valence-corrected chi connectivity index (χ0v) is 20.5. The Bertz CT molecular complexity index is 1460. The normalized spacial score (nSPS) is 13.3. The number of aromatic nitrogens is 3. The summed E-state index contributed by atoms with van der Waals surface area (Å²) in [5.41, 5.74) is 5.80. The SMILES string of the molecule is C=CC(=O)Nc1cccc(-c2ccnc3cnc(Nc4ccc(N5CCN(C(C)=O)CC5)cc4)nc23)c1. The predicted molar refractivity (Wildman–Crippen MR) is 146 cm³/mol. The van der Waals surface area contributed by atoms with Crippen molar-refractivity contribution in [3.8, 4) is 11.1 Å². The van der Waals surface area contributed by atoms with Gasteiger partial charge in [-0.1, -0.05) is 18.7 Å². The van der Waals surface area contributed by atoms with Crippen LogP contribution < -0.4 is 15.5 Å². The summed E-state index contributed by atoms with van der Waals surface area (Å²) in [6, 6.07) is 17.6. The minimum Gasteiger partial charge on any atom is -0.368 e. The molecule has 0 spiro atoms. The summed E-state index contributed by atoms with van der Waals surface area (Å²) in [6.45, 7) is 8.22. The third kappa shape index (κ3) is 5.40. The van der Waals surface area contributed by atoms with Gasteiger partial charge in [-0.05, 0) is 54.1 Å².